The van der Waals surface area contributed by atoms with Gasteiger partial charge in [-0.2, -0.15) is 4.31 Å². The number of nitrogens with one attached hydrogen (secondary N) is 2. The van der Waals surface area contributed by atoms with Crippen LogP contribution in [0.25, 0.3) is 10.9 Å². The summed E-state index contributed by atoms with van der Waals surface area (Å²) in [6, 6.07) is 13.4. The molecule has 0 radical (unpaired) electrons. The Balaban J connectivity index is 1.50. The van der Waals surface area contributed by atoms with Crippen LogP contribution in [0.3, 0.4) is 0 Å². The molecule has 0 atom stereocenters. The predicted molar refractivity (Wildman–Crippen MR) is 126 cm³/mol. The molecule has 0 saturated heterocycles. The molecular formula is C22H25ClN4O4S. The Morgan fingerprint density at radius 2 is 1.88 bits per heavy atom. The molecule has 2 N–H and O–H groups in total. The summed E-state index contributed by atoms with van der Waals surface area (Å²) in [5, 5.41) is 7.50. The minimum absolute atomic E-state index is 0.0996. The number of amides is 1. The number of aromatic nitrogens is 1. The lowest BCUT2D eigenvalue weighted by Gasteiger charge is -2.17. The molecule has 1 aromatic heterocycles. The molecule has 0 fully saturated rings. The molecule has 10 heteroatoms. The number of ether oxygens (including phenoxy) is 1. The Hall–Kier alpha value is -2.88. The molecule has 1 heterocycles. The van der Waals surface area contributed by atoms with E-state index in [1.165, 1.54) is 19.2 Å². The standard InChI is InChI=1S/C22H25ClN4O4S/c1-3-31-17-5-7-18(8-6-17)32(29,30)27(2)15-22(28)26-13-12-25-20-10-11-24-21-14-16(23)4-9-19(20)21/h4-11,14H,3,12-13,15H2,1-2H3,(H,24,25)(H,26,28). The molecule has 8 nitrogen and oxygen atoms in total. The van der Waals surface area contributed by atoms with Crippen LogP contribution < -0.4 is 15.4 Å². The molecule has 0 bridgehead atoms. The Morgan fingerprint density at radius 3 is 2.59 bits per heavy atom. The summed E-state index contributed by atoms with van der Waals surface area (Å²) in [6.07, 6.45) is 1.68. The molecule has 3 rings (SSSR count). The average Bonchev–Trinajstić information content (AvgIpc) is 2.77. The smallest absolute Gasteiger partial charge is 0.243 e. The number of sulfonamides is 1. The van der Waals surface area contributed by atoms with Crippen molar-refractivity contribution in [2.75, 3.05) is 38.6 Å². The second-order valence-electron chi connectivity index (χ2n) is 6.96. The number of likely N-dealkylation sites (N-methyl/N-ethyl adjacent to an activating group) is 1. The number of halogens is 1. The number of carbonyl (C=O) groups is 1. The van der Waals surface area contributed by atoms with E-state index in [9.17, 15) is 13.2 Å². The fourth-order valence-electron chi connectivity index (χ4n) is 3.07. The number of nitrogens with zero attached hydrogens (tertiary/aromatic N) is 2. The van der Waals surface area contributed by atoms with Crippen molar-refractivity contribution in [2.24, 2.45) is 0 Å². The first-order chi connectivity index (χ1) is 15.3. The van der Waals surface area contributed by atoms with Crippen LogP contribution in [-0.4, -0.2) is 56.9 Å². The van der Waals surface area contributed by atoms with Crippen LogP contribution in [0.15, 0.2) is 59.6 Å². The van der Waals surface area contributed by atoms with E-state index in [4.69, 9.17) is 16.3 Å². The van der Waals surface area contributed by atoms with Crippen molar-refractivity contribution in [3.63, 3.8) is 0 Å². The number of hydrogen-bond acceptors (Lipinski definition) is 6. The average molecular weight is 477 g/mol. The normalized spacial score (nSPS) is 11.5. The molecule has 0 saturated carbocycles. The van der Waals surface area contributed by atoms with Crippen molar-refractivity contribution in [1.82, 2.24) is 14.6 Å². The van der Waals surface area contributed by atoms with E-state index >= 15 is 0 Å². The van der Waals surface area contributed by atoms with Crippen LogP contribution in [0.1, 0.15) is 6.92 Å². The summed E-state index contributed by atoms with van der Waals surface area (Å²) >= 11 is 6.00. The van der Waals surface area contributed by atoms with Gasteiger partial charge >= 0.3 is 0 Å². The van der Waals surface area contributed by atoms with Crippen molar-refractivity contribution in [2.45, 2.75) is 11.8 Å². The van der Waals surface area contributed by atoms with Gasteiger partial charge in [-0.05, 0) is 55.5 Å². The number of pyridine rings is 1. The summed E-state index contributed by atoms with van der Waals surface area (Å²) < 4.78 is 31.7. The third kappa shape index (κ3) is 5.87. The minimum Gasteiger partial charge on any atom is -0.494 e. The van der Waals surface area contributed by atoms with Crippen molar-refractivity contribution in [1.29, 1.82) is 0 Å². The number of carbonyl (C=O) groups excluding carboxylic acids is 1. The van der Waals surface area contributed by atoms with Gasteiger partial charge in [-0.1, -0.05) is 11.6 Å². The molecule has 0 aliphatic carbocycles. The van der Waals surface area contributed by atoms with Gasteiger partial charge in [0.05, 0.1) is 23.6 Å². The van der Waals surface area contributed by atoms with Crippen LogP contribution in [0.4, 0.5) is 5.69 Å². The van der Waals surface area contributed by atoms with E-state index in [-0.39, 0.29) is 11.4 Å². The zero-order valence-electron chi connectivity index (χ0n) is 17.8. The number of anilines is 1. The van der Waals surface area contributed by atoms with Crippen molar-refractivity contribution < 1.29 is 17.9 Å². The Kier molecular flexibility index (Phi) is 7.89. The van der Waals surface area contributed by atoms with Gasteiger partial charge in [0.25, 0.3) is 0 Å². The molecule has 0 spiro atoms. The van der Waals surface area contributed by atoms with Crippen LogP contribution in [-0.2, 0) is 14.8 Å². The third-order valence-electron chi connectivity index (χ3n) is 4.68. The molecule has 0 aliphatic rings. The van der Waals surface area contributed by atoms with E-state index in [0.29, 0.717) is 30.5 Å². The highest BCUT2D eigenvalue weighted by Crippen LogP contribution is 2.24. The topological polar surface area (TPSA) is 101 Å². The van der Waals surface area contributed by atoms with Gasteiger partial charge in [0.1, 0.15) is 5.75 Å². The highest BCUT2D eigenvalue weighted by molar-refractivity contribution is 7.89. The van der Waals surface area contributed by atoms with Crippen LogP contribution in [0.5, 0.6) is 5.75 Å². The van der Waals surface area contributed by atoms with E-state index < -0.39 is 15.9 Å². The number of fused-ring (bicyclic) bond motifs is 1. The van der Waals surface area contributed by atoms with E-state index in [0.717, 1.165) is 20.9 Å². The Morgan fingerprint density at radius 1 is 1.12 bits per heavy atom. The summed E-state index contributed by atoms with van der Waals surface area (Å²) in [7, 11) is -2.41. The van der Waals surface area contributed by atoms with Crippen LogP contribution in [0, 0.1) is 0 Å². The molecule has 0 unspecified atom stereocenters. The van der Waals surface area contributed by atoms with Gasteiger partial charge in [0, 0.05) is 42.4 Å². The van der Waals surface area contributed by atoms with E-state index in [1.54, 1.807) is 30.5 Å². The monoisotopic (exact) mass is 476 g/mol. The Labute approximate surface area is 192 Å². The molecule has 2 aromatic carbocycles. The lowest BCUT2D eigenvalue weighted by molar-refractivity contribution is -0.121. The second kappa shape index (κ2) is 10.6. The highest BCUT2D eigenvalue weighted by Gasteiger charge is 2.22. The summed E-state index contributed by atoms with van der Waals surface area (Å²) in [5.41, 5.74) is 1.64. The largest absolute Gasteiger partial charge is 0.494 e. The Bertz CT molecular complexity index is 1190. The fraction of sp³-hybridized carbons (Fsp3) is 0.273. The summed E-state index contributed by atoms with van der Waals surface area (Å²) in [5.74, 6) is 0.194. The molecule has 3 aromatic rings. The zero-order valence-corrected chi connectivity index (χ0v) is 19.4. The number of benzene rings is 2. The van der Waals surface area contributed by atoms with Crippen LogP contribution >= 0.6 is 11.6 Å². The molecule has 170 valence electrons. The molecule has 0 aliphatic heterocycles. The molecule has 32 heavy (non-hydrogen) atoms. The quantitative estimate of drug-likeness (QED) is 0.436. The van der Waals surface area contributed by atoms with E-state index in [1.807, 2.05) is 19.1 Å². The summed E-state index contributed by atoms with van der Waals surface area (Å²) in [4.78, 5) is 16.6. The van der Waals surface area contributed by atoms with Gasteiger partial charge in [0.2, 0.25) is 15.9 Å². The van der Waals surface area contributed by atoms with Gasteiger partial charge < -0.3 is 15.4 Å². The van der Waals surface area contributed by atoms with Crippen LogP contribution in [0.2, 0.25) is 5.02 Å². The zero-order chi connectivity index (χ0) is 23.1. The first-order valence-corrected chi connectivity index (χ1v) is 11.9. The third-order valence-corrected chi connectivity index (χ3v) is 6.73. The fourth-order valence-corrected chi connectivity index (χ4v) is 4.37. The molecule has 1 amide bonds. The lowest BCUT2D eigenvalue weighted by Crippen LogP contribution is -2.39. The van der Waals surface area contributed by atoms with Crippen molar-refractivity contribution in [3.05, 3.63) is 59.8 Å². The van der Waals surface area contributed by atoms with Gasteiger partial charge in [-0.3, -0.25) is 9.78 Å². The SMILES string of the molecule is CCOc1ccc(S(=O)(=O)N(C)CC(=O)NCCNc2ccnc3cc(Cl)ccc23)cc1. The number of hydrogen-bond donors (Lipinski definition) is 2. The lowest BCUT2D eigenvalue weighted by atomic mass is 10.2. The van der Waals surface area contributed by atoms with Crippen molar-refractivity contribution >= 4 is 44.1 Å². The maximum Gasteiger partial charge on any atom is 0.243 e. The summed E-state index contributed by atoms with van der Waals surface area (Å²) in [6.45, 7) is 2.84. The minimum atomic E-state index is -3.78. The molecular weight excluding hydrogens is 452 g/mol. The number of rotatable bonds is 10. The second-order valence-corrected chi connectivity index (χ2v) is 9.44. The predicted octanol–water partition coefficient (Wildman–Crippen LogP) is 3.14. The first-order valence-electron chi connectivity index (χ1n) is 10.1. The highest BCUT2D eigenvalue weighted by atomic mass is 35.5. The van der Waals surface area contributed by atoms with E-state index in [2.05, 4.69) is 15.6 Å². The maximum absolute atomic E-state index is 12.7. The van der Waals surface area contributed by atoms with Gasteiger partial charge in [-0.25, -0.2) is 8.42 Å². The van der Waals surface area contributed by atoms with Gasteiger partial charge in [0.15, 0.2) is 0 Å². The first kappa shape index (κ1) is 23.8. The maximum atomic E-state index is 12.7. The van der Waals surface area contributed by atoms with Crippen molar-refractivity contribution in [3.8, 4) is 5.75 Å². The van der Waals surface area contributed by atoms with Gasteiger partial charge in [-0.15, -0.1) is 0 Å².